The maximum atomic E-state index is 4.42. The van der Waals surface area contributed by atoms with E-state index in [9.17, 15) is 0 Å². The monoisotopic (exact) mass is 300 g/mol. The second-order valence-electron chi connectivity index (χ2n) is 5.88. The number of hydrogen-bond donors (Lipinski definition) is 0. The highest BCUT2D eigenvalue weighted by Crippen LogP contribution is 2.25. The van der Waals surface area contributed by atoms with E-state index in [-0.39, 0.29) is 0 Å². The lowest BCUT2D eigenvalue weighted by molar-refractivity contribution is 0.182. The van der Waals surface area contributed by atoms with E-state index in [1.807, 2.05) is 6.20 Å². The highest BCUT2D eigenvalue weighted by atomic mass is 32.1. The topological polar surface area (TPSA) is 16.1 Å². The van der Waals surface area contributed by atoms with Gasteiger partial charge in [0.25, 0.3) is 0 Å². The first-order chi connectivity index (χ1) is 10.4. The summed E-state index contributed by atoms with van der Waals surface area (Å²) in [6, 6.07) is 9.67. The minimum Gasteiger partial charge on any atom is -0.300 e. The summed E-state index contributed by atoms with van der Waals surface area (Å²) >= 11 is 1.78. The summed E-state index contributed by atoms with van der Waals surface area (Å²) in [6.45, 7) is 4.64. The number of rotatable bonds is 6. The average Bonchev–Trinajstić information content (AvgIpc) is 3.04. The van der Waals surface area contributed by atoms with Crippen LogP contribution in [0.5, 0.6) is 0 Å². The van der Waals surface area contributed by atoms with Gasteiger partial charge in [-0.15, -0.1) is 11.3 Å². The SMILES string of the molecule is CCCN(CCc1nccs1)C1CCc2ccccc2C1. The minimum atomic E-state index is 0.708. The third-order valence-corrected chi connectivity index (χ3v) is 5.28. The largest absolute Gasteiger partial charge is 0.300 e. The van der Waals surface area contributed by atoms with Gasteiger partial charge in [-0.05, 0) is 43.4 Å². The summed E-state index contributed by atoms with van der Waals surface area (Å²) in [6.07, 6.45) is 7.99. The molecule has 2 aromatic rings. The second-order valence-corrected chi connectivity index (χ2v) is 6.86. The number of aromatic nitrogens is 1. The summed E-state index contributed by atoms with van der Waals surface area (Å²) < 4.78 is 0. The van der Waals surface area contributed by atoms with E-state index < -0.39 is 0 Å². The summed E-state index contributed by atoms with van der Waals surface area (Å²) in [5.74, 6) is 0. The van der Waals surface area contributed by atoms with Crippen LogP contribution in [0, 0.1) is 0 Å². The molecule has 0 N–H and O–H groups in total. The molecular weight excluding hydrogens is 276 g/mol. The van der Waals surface area contributed by atoms with Crippen molar-refractivity contribution in [3.8, 4) is 0 Å². The zero-order valence-electron chi connectivity index (χ0n) is 12.8. The molecular formula is C18H24N2S. The van der Waals surface area contributed by atoms with Crippen LogP contribution in [0.4, 0.5) is 0 Å². The molecule has 21 heavy (non-hydrogen) atoms. The van der Waals surface area contributed by atoms with Gasteiger partial charge in [-0.2, -0.15) is 0 Å². The zero-order chi connectivity index (χ0) is 14.5. The molecule has 3 heteroatoms. The summed E-state index contributed by atoms with van der Waals surface area (Å²) in [5.41, 5.74) is 3.12. The van der Waals surface area contributed by atoms with Crippen molar-refractivity contribution >= 4 is 11.3 Å². The number of aryl methyl sites for hydroxylation is 1. The molecule has 0 saturated heterocycles. The van der Waals surface area contributed by atoms with Gasteiger partial charge in [0.05, 0.1) is 5.01 Å². The van der Waals surface area contributed by atoms with Crippen LogP contribution in [0.25, 0.3) is 0 Å². The fraction of sp³-hybridized carbons (Fsp3) is 0.500. The number of hydrogen-bond acceptors (Lipinski definition) is 3. The van der Waals surface area contributed by atoms with E-state index in [1.54, 1.807) is 22.5 Å². The van der Waals surface area contributed by atoms with Crippen molar-refractivity contribution in [1.82, 2.24) is 9.88 Å². The van der Waals surface area contributed by atoms with Crippen molar-refractivity contribution in [1.29, 1.82) is 0 Å². The van der Waals surface area contributed by atoms with Crippen LogP contribution < -0.4 is 0 Å². The van der Waals surface area contributed by atoms with Gasteiger partial charge in [0, 0.05) is 30.6 Å². The Morgan fingerprint density at radius 1 is 1.24 bits per heavy atom. The Hall–Kier alpha value is -1.19. The molecule has 1 aromatic carbocycles. The molecule has 1 aromatic heterocycles. The van der Waals surface area contributed by atoms with Crippen molar-refractivity contribution < 1.29 is 0 Å². The maximum Gasteiger partial charge on any atom is 0.0937 e. The lowest BCUT2D eigenvalue weighted by atomic mass is 9.87. The first-order valence-electron chi connectivity index (χ1n) is 8.06. The Labute approximate surface area is 131 Å². The Kier molecular flexibility index (Phi) is 5.04. The Morgan fingerprint density at radius 2 is 2.10 bits per heavy atom. The van der Waals surface area contributed by atoms with Gasteiger partial charge < -0.3 is 0 Å². The second kappa shape index (κ2) is 7.19. The third kappa shape index (κ3) is 3.72. The predicted octanol–water partition coefficient (Wildman–Crippen LogP) is 3.96. The van der Waals surface area contributed by atoms with E-state index in [0.717, 1.165) is 13.0 Å². The lowest BCUT2D eigenvalue weighted by Crippen LogP contribution is -2.41. The molecule has 1 heterocycles. The van der Waals surface area contributed by atoms with Crippen molar-refractivity contribution in [3.63, 3.8) is 0 Å². The van der Waals surface area contributed by atoms with Crippen molar-refractivity contribution in [2.45, 2.75) is 45.1 Å². The van der Waals surface area contributed by atoms with Crippen LogP contribution in [0.1, 0.15) is 35.9 Å². The molecule has 0 bridgehead atoms. The molecule has 1 aliphatic carbocycles. The van der Waals surface area contributed by atoms with E-state index in [0.29, 0.717) is 6.04 Å². The van der Waals surface area contributed by atoms with Crippen LogP contribution in [0.15, 0.2) is 35.8 Å². The van der Waals surface area contributed by atoms with Gasteiger partial charge >= 0.3 is 0 Å². The lowest BCUT2D eigenvalue weighted by Gasteiger charge is -2.35. The molecule has 0 aliphatic heterocycles. The first-order valence-corrected chi connectivity index (χ1v) is 8.94. The number of fused-ring (bicyclic) bond motifs is 1. The number of nitrogens with zero attached hydrogens (tertiary/aromatic N) is 2. The first kappa shape index (κ1) is 14.7. The fourth-order valence-corrected chi connectivity index (χ4v) is 3.98. The Morgan fingerprint density at radius 3 is 2.86 bits per heavy atom. The quantitative estimate of drug-likeness (QED) is 0.803. The average molecular weight is 300 g/mol. The highest BCUT2D eigenvalue weighted by Gasteiger charge is 2.23. The smallest absolute Gasteiger partial charge is 0.0937 e. The molecule has 1 unspecified atom stereocenters. The van der Waals surface area contributed by atoms with Crippen LogP contribution in [0.3, 0.4) is 0 Å². The van der Waals surface area contributed by atoms with Gasteiger partial charge in [-0.1, -0.05) is 31.2 Å². The maximum absolute atomic E-state index is 4.42. The van der Waals surface area contributed by atoms with E-state index >= 15 is 0 Å². The third-order valence-electron chi connectivity index (χ3n) is 4.44. The van der Waals surface area contributed by atoms with E-state index in [1.165, 1.54) is 37.2 Å². The van der Waals surface area contributed by atoms with Gasteiger partial charge in [0.2, 0.25) is 0 Å². The van der Waals surface area contributed by atoms with Crippen LogP contribution in [0.2, 0.25) is 0 Å². The van der Waals surface area contributed by atoms with Crippen molar-refractivity contribution in [2.24, 2.45) is 0 Å². The van der Waals surface area contributed by atoms with Crippen LogP contribution in [-0.2, 0) is 19.3 Å². The highest BCUT2D eigenvalue weighted by molar-refractivity contribution is 7.09. The van der Waals surface area contributed by atoms with E-state index in [4.69, 9.17) is 0 Å². The molecule has 1 aliphatic rings. The van der Waals surface area contributed by atoms with Gasteiger partial charge in [0.15, 0.2) is 0 Å². The minimum absolute atomic E-state index is 0.708. The van der Waals surface area contributed by atoms with Crippen molar-refractivity contribution in [3.05, 3.63) is 52.0 Å². The molecule has 0 spiro atoms. The fourth-order valence-electron chi connectivity index (χ4n) is 3.37. The Bertz CT molecular complexity index is 550. The molecule has 112 valence electrons. The molecule has 1 atom stereocenters. The van der Waals surface area contributed by atoms with Crippen LogP contribution >= 0.6 is 11.3 Å². The Balaban J connectivity index is 1.64. The van der Waals surface area contributed by atoms with E-state index in [2.05, 4.69) is 46.5 Å². The normalized spacial score (nSPS) is 17.9. The van der Waals surface area contributed by atoms with Gasteiger partial charge in [-0.25, -0.2) is 4.98 Å². The summed E-state index contributed by atoms with van der Waals surface area (Å²) in [5, 5.41) is 3.35. The molecule has 0 amide bonds. The summed E-state index contributed by atoms with van der Waals surface area (Å²) in [4.78, 5) is 7.11. The zero-order valence-corrected chi connectivity index (χ0v) is 13.6. The molecule has 2 nitrogen and oxygen atoms in total. The molecule has 0 saturated carbocycles. The summed E-state index contributed by atoms with van der Waals surface area (Å²) in [7, 11) is 0. The van der Waals surface area contributed by atoms with Crippen LogP contribution in [-0.4, -0.2) is 29.0 Å². The van der Waals surface area contributed by atoms with Crippen molar-refractivity contribution in [2.75, 3.05) is 13.1 Å². The van der Waals surface area contributed by atoms with Gasteiger partial charge in [0.1, 0.15) is 0 Å². The molecule has 3 rings (SSSR count). The molecule has 0 radical (unpaired) electrons. The molecule has 0 fully saturated rings. The predicted molar refractivity (Wildman–Crippen MR) is 89.9 cm³/mol. The van der Waals surface area contributed by atoms with Gasteiger partial charge in [-0.3, -0.25) is 4.90 Å². The number of thiazole rings is 1. The standard InChI is InChI=1S/C18H24N2S/c1-2-11-20(12-9-18-19-10-13-21-18)17-8-7-15-5-3-4-6-16(15)14-17/h3-6,10,13,17H,2,7-9,11-12,14H2,1H3. The number of benzene rings is 1.